The molecular weight excluding hydrogens is 95.9 g/mol. The van der Waals surface area contributed by atoms with Crippen LogP contribution in [0.25, 0.3) is 0 Å². The quantitative estimate of drug-likeness (QED) is 0.321. The molecule has 0 heterocycles. The Labute approximate surface area is 48.2 Å². The van der Waals surface area contributed by atoms with Gasteiger partial charge in [-0.3, -0.25) is 0 Å². The van der Waals surface area contributed by atoms with Gasteiger partial charge in [0.2, 0.25) is 0 Å². The molecule has 0 fully saturated rings. The van der Waals surface area contributed by atoms with E-state index in [1.807, 2.05) is 13.0 Å². The maximum atomic E-state index is 3.42. The molecule has 0 rings (SSSR count). The molecule has 1 heteroatoms. The third-order valence-electron chi connectivity index (χ3n) is 0.236. The van der Waals surface area contributed by atoms with Crippen LogP contribution in [0.1, 0.15) is 6.92 Å². The fourth-order valence-electron chi connectivity index (χ4n) is 0. The second-order valence-corrected chi connectivity index (χ2v) is 0.569. The van der Waals surface area contributed by atoms with Crippen molar-refractivity contribution < 1.29 is 21.7 Å². The molecule has 0 saturated heterocycles. The van der Waals surface area contributed by atoms with Crippen LogP contribution in [0.5, 0.6) is 0 Å². The van der Waals surface area contributed by atoms with Gasteiger partial charge in [0.25, 0.3) is 0 Å². The zero-order valence-corrected chi connectivity index (χ0v) is 4.92. The molecule has 0 spiro atoms. The van der Waals surface area contributed by atoms with Crippen LogP contribution in [-0.2, 0) is 21.7 Å². The minimum atomic E-state index is 0. The molecule has 0 aliphatic rings. The van der Waals surface area contributed by atoms with E-state index in [-0.39, 0.29) is 21.7 Å². The van der Waals surface area contributed by atoms with Gasteiger partial charge in [-0.05, 0) is 0 Å². The summed E-state index contributed by atoms with van der Waals surface area (Å²) >= 11 is 0. The van der Waals surface area contributed by atoms with E-state index < -0.39 is 0 Å². The van der Waals surface area contributed by atoms with Crippen LogP contribution in [0.3, 0.4) is 0 Å². The first kappa shape index (κ1) is 9.01. The van der Waals surface area contributed by atoms with Gasteiger partial charge in [-0.15, -0.1) is 6.92 Å². The predicted molar refractivity (Wildman–Crippen MR) is 20.2 cm³/mol. The molecule has 0 radical (unpaired) electrons. The van der Waals surface area contributed by atoms with Crippen molar-refractivity contribution in [2.75, 3.05) is 0 Å². The average Bonchev–Trinajstić information content (AvgIpc) is 1.37. The van der Waals surface area contributed by atoms with Crippen molar-refractivity contribution in [2.45, 2.75) is 6.92 Å². The van der Waals surface area contributed by atoms with Gasteiger partial charge in [0.1, 0.15) is 0 Å². The van der Waals surface area contributed by atoms with Crippen molar-refractivity contribution in [1.29, 1.82) is 0 Å². The fourth-order valence-corrected chi connectivity index (χ4v) is 0. The number of hydrogen-bond acceptors (Lipinski definition) is 0. The van der Waals surface area contributed by atoms with Crippen molar-refractivity contribution in [1.82, 2.24) is 0 Å². The molecule has 0 nitrogen and oxygen atoms in total. The van der Waals surface area contributed by atoms with E-state index >= 15 is 0 Å². The Morgan fingerprint density at radius 2 is 1.80 bits per heavy atom. The largest absolute Gasteiger partial charge is 0.245 e. The van der Waals surface area contributed by atoms with E-state index in [2.05, 4.69) is 6.92 Å². The summed E-state index contributed by atoms with van der Waals surface area (Å²) in [5.74, 6) is 0. The summed E-state index contributed by atoms with van der Waals surface area (Å²) in [5, 5.41) is 0. The first-order valence-corrected chi connectivity index (χ1v) is 1.32. The van der Waals surface area contributed by atoms with E-state index in [9.17, 15) is 0 Å². The fraction of sp³-hybridized carbons (Fsp3) is 0.250. The van der Waals surface area contributed by atoms with Gasteiger partial charge >= 0.3 is 0 Å². The van der Waals surface area contributed by atoms with Gasteiger partial charge in [0.05, 0.1) is 0 Å². The van der Waals surface area contributed by atoms with E-state index in [4.69, 9.17) is 0 Å². The van der Waals surface area contributed by atoms with Crippen LogP contribution in [0.15, 0.2) is 12.2 Å². The standard InChI is InChI=1S/C4H7.Ti/c1-3-4-2;/h3-4H,1H2,2H3;/q-1;/b4-3+;. The molecule has 0 N–H and O–H groups in total. The van der Waals surface area contributed by atoms with Crippen molar-refractivity contribution in [3.05, 3.63) is 19.1 Å². The SMILES string of the molecule is [CH2-]/C=C/C.[Ti]. The van der Waals surface area contributed by atoms with Crippen molar-refractivity contribution in [3.8, 4) is 0 Å². The molecular formula is C4H7Ti-. The Kier molecular flexibility index (Phi) is 15.9. The summed E-state index contributed by atoms with van der Waals surface area (Å²) in [6, 6.07) is 0. The molecule has 0 aromatic heterocycles. The molecule has 0 amide bonds. The molecule has 0 aliphatic heterocycles. The third-order valence-corrected chi connectivity index (χ3v) is 0.236. The maximum absolute atomic E-state index is 3.42. The second-order valence-electron chi connectivity index (χ2n) is 0.569. The molecule has 0 aliphatic carbocycles. The summed E-state index contributed by atoms with van der Waals surface area (Å²) in [6.45, 7) is 5.36. The third kappa shape index (κ3) is 13.3. The molecule has 28 valence electrons. The first-order chi connectivity index (χ1) is 1.91. The van der Waals surface area contributed by atoms with Gasteiger partial charge < -0.3 is 0 Å². The Morgan fingerprint density at radius 1 is 1.60 bits per heavy atom. The van der Waals surface area contributed by atoms with E-state index in [0.717, 1.165) is 0 Å². The van der Waals surface area contributed by atoms with Crippen LogP contribution in [0, 0.1) is 6.92 Å². The number of rotatable bonds is 0. The zero-order valence-electron chi connectivity index (χ0n) is 3.36. The van der Waals surface area contributed by atoms with Crippen LogP contribution in [0.2, 0.25) is 0 Å². The minimum absolute atomic E-state index is 0. The molecule has 0 saturated carbocycles. The zero-order chi connectivity index (χ0) is 3.41. The van der Waals surface area contributed by atoms with E-state index in [1.165, 1.54) is 0 Å². The summed E-state index contributed by atoms with van der Waals surface area (Å²) in [6.07, 6.45) is 3.64. The normalized spacial score (nSPS) is 7.40. The summed E-state index contributed by atoms with van der Waals surface area (Å²) in [7, 11) is 0. The molecule has 0 bridgehead atoms. The smallest absolute Gasteiger partial charge is 0 e. The Bertz CT molecular complexity index is 18.8. The van der Waals surface area contributed by atoms with Crippen LogP contribution >= 0.6 is 0 Å². The average molecular weight is 103 g/mol. The molecule has 0 aromatic carbocycles. The van der Waals surface area contributed by atoms with E-state index in [0.29, 0.717) is 0 Å². The Hall–Kier alpha value is 0.324. The van der Waals surface area contributed by atoms with Crippen molar-refractivity contribution in [3.63, 3.8) is 0 Å². The number of allylic oxidation sites excluding steroid dienone is 2. The monoisotopic (exact) mass is 103 g/mol. The predicted octanol–water partition coefficient (Wildman–Crippen LogP) is 1.39. The topological polar surface area (TPSA) is 0 Å². The minimum Gasteiger partial charge on any atom is -0.245 e. The summed E-state index contributed by atoms with van der Waals surface area (Å²) in [4.78, 5) is 0. The molecule has 0 unspecified atom stereocenters. The maximum Gasteiger partial charge on any atom is 0 e. The molecule has 0 atom stereocenters. The van der Waals surface area contributed by atoms with Crippen LogP contribution in [0.4, 0.5) is 0 Å². The summed E-state index contributed by atoms with van der Waals surface area (Å²) < 4.78 is 0. The second kappa shape index (κ2) is 8.85. The summed E-state index contributed by atoms with van der Waals surface area (Å²) in [5.41, 5.74) is 0. The molecule has 0 aromatic rings. The van der Waals surface area contributed by atoms with Crippen LogP contribution in [-0.4, -0.2) is 0 Å². The van der Waals surface area contributed by atoms with Crippen LogP contribution < -0.4 is 0 Å². The molecule has 5 heavy (non-hydrogen) atoms. The van der Waals surface area contributed by atoms with Gasteiger partial charge in [0, 0.05) is 21.7 Å². The van der Waals surface area contributed by atoms with Crippen molar-refractivity contribution >= 4 is 0 Å². The van der Waals surface area contributed by atoms with E-state index in [1.54, 1.807) is 6.08 Å². The van der Waals surface area contributed by atoms with Gasteiger partial charge in [0.15, 0.2) is 0 Å². The van der Waals surface area contributed by atoms with Gasteiger partial charge in [-0.2, -0.15) is 0 Å². The van der Waals surface area contributed by atoms with Gasteiger partial charge in [-0.25, -0.2) is 19.1 Å². The first-order valence-electron chi connectivity index (χ1n) is 1.32. The van der Waals surface area contributed by atoms with Gasteiger partial charge in [-0.1, -0.05) is 0 Å². The number of hydrogen-bond donors (Lipinski definition) is 0. The Balaban J connectivity index is 0. The van der Waals surface area contributed by atoms with Crippen molar-refractivity contribution in [2.24, 2.45) is 0 Å². The Morgan fingerprint density at radius 3 is 1.80 bits per heavy atom.